The van der Waals surface area contributed by atoms with Crippen LogP contribution in [-0.2, 0) is 11.2 Å². The number of phenolic OH excluding ortho intramolecular Hbond substituents is 1. The number of methoxy groups -OCH3 is 1. The number of rotatable bonds is 7. The van der Waals surface area contributed by atoms with Crippen molar-refractivity contribution < 1.29 is 24.1 Å². The maximum atomic E-state index is 12.1. The van der Waals surface area contributed by atoms with Crippen LogP contribution in [0.5, 0.6) is 23.0 Å². The highest BCUT2D eigenvalue weighted by atomic mass is 16.6. The largest absolute Gasteiger partial charge is 0.508 e. The number of primary amides is 1. The van der Waals surface area contributed by atoms with Gasteiger partial charge in [-0.15, -0.1) is 0 Å². The number of benzene rings is 2. The van der Waals surface area contributed by atoms with Gasteiger partial charge in [-0.3, -0.25) is 4.79 Å². The Bertz CT molecular complexity index is 1030. The third-order valence-corrected chi connectivity index (χ3v) is 5.33. The SMILES string of the molecule is COc1ccc2[nH]cc(CCC(CC3COc4ccc(O)cc4O3)C(N)=O)c2c1. The molecule has 2 aromatic carbocycles. The summed E-state index contributed by atoms with van der Waals surface area (Å²) < 4.78 is 16.9. The summed E-state index contributed by atoms with van der Waals surface area (Å²) in [7, 11) is 1.64. The Morgan fingerprint density at radius 2 is 2.17 bits per heavy atom. The van der Waals surface area contributed by atoms with Gasteiger partial charge in [-0.25, -0.2) is 0 Å². The molecule has 0 aliphatic carbocycles. The first-order valence-electron chi connectivity index (χ1n) is 9.59. The molecule has 2 unspecified atom stereocenters. The lowest BCUT2D eigenvalue weighted by Crippen LogP contribution is -2.35. The van der Waals surface area contributed by atoms with Crippen LogP contribution in [0.2, 0.25) is 0 Å². The fourth-order valence-corrected chi connectivity index (χ4v) is 3.74. The zero-order valence-electron chi connectivity index (χ0n) is 16.2. The lowest BCUT2D eigenvalue weighted by atomic mass is 9.93. The summed E-state index contributed by atoms with van der Waals surface area (Å²) >= 11 is 0. The van der Waals surface area contributed by atoms with Crippen molar-refractivity contribution in [2.45, 2.75) is 25.4 Å². The van der Waals surface area contributed by atoms with Gasteiger partial charge in [0.15, 0.2) is 11.5 Å². The van der Waals surface area contributed by atoms with Crippen LogP contribution in [0.25, 0.3) is 10.9 Å². The minimum atomic E-state index is -0.354. The van der Waals surface area contributed by atoms with E-state index in [1.54, 1.807) is 19.2 Å². The van der Waals surface area contributed by atoms with Crippen LogP contribution < -0.4 is 19.9 Å². The molecule has 2 heterocycles. The number of aryl methyl sites for hydroxylation is 1. The van der Waals surface area contributed by atoms with Crippen molar-refractivity contribution in [1.29, 1.82) is 0 Å². The molecule has 4 rings (SSSR count). The van der Waals surface area contributed by atoms with Crippen LogP contribution in [0.3, 0.4) is 0 Å². The molecule has 0 saturated carbocycles. The normalized spacial score (nSPS) is 16.5. The minimum absolute atomic E-state index is 0.106. The molecule has 4 N–H and O–H groups in total. The van der Waals surface area contributed by atoms with Crippen LogP contribution in [0.1, 0.15) is 18.4 Å². The number of hydrogen-bond donors (Lipinski definition) is 3. The average Bonchev–Trinajstić information content (AvgIpc) is 3.12. The number of fused-ring (bicyclic) bond motifs is 2. The molecular weight excluding hydrogens is 372 g/mol. The second-order valence-electron chi connectivity index (χ2n) is 7.28. The first-order valence-corrected chi connectivity index (χ1v) is 9.59. The highest BCUT2D eigenvalue weighted by molar-refractivity contribution is 5.84. The quantitative estimate of drug-likeness (QED) is 0.569. The summed E-state index contributed by atoms with van der Waals surface area (Å²) in [6.45, 7) is 0.339. The highest BCUT2D eigenvalue weighted by Crippen LogP contribution is 2.36. The molecule has 0 radical (unpaired) electrons. The Labute approximate surface area is 168 Å². The average molecular weight is 396 g/mol. The molecule has 0 fully saturated rings. The van der Waals surface area contributed by atoms with E-state index in [0.717, 1.165) is 22.2 Å². The Balaban J connectivity index is 1.43. The molecule has 1 amide bonds. The van der Waals surface area contributed by atoms with E-state index in [2.05, 4.69) is 4.98 Å². The number of amides is 1. The molecule has 1 aromatic heterocycles. The van der Waals surface area contributed by atoms with E-state index in [-0.39, 0.29) is 23.7 Å². The van der Waals surface area contributed by atoms with E-state index in [9.17, 15) is 9.90 Å². The van der Waals surface area contributed by atoms with Gasteiger partial charge >= 0.3 is 0 Å². The Kier molecular flexibility index (Phi) is 5.20. The summed E-state index contributed by atoms with van der Waals surface area (Å²) in [5.74, 6) is 1.26. The standard InChI is InChI=1S/C22H24N2O5/c1-27-16-5-6-19-18(10-16)14(11-24-19)3-2-13(22(23)26)8-17-12-28-20-7-4-15(25)9-21(20)29-17/h4-7,9-11,13,17,24-25H,2-3,8,12H2,1H3,(H2,23,26). The molecule has 2 atom stereocenters. The maximum absolute atomic E-state index is 12.1. The fraction of sp³-hybridized carbons (Fsp3) is 0.318. The van der Waals surface area contributed by atoms with Crippen molar-refractivity contribution in [3.63, 3.8) is 0 Å². The zero-order chi connectivity index (χ0) is 20.4. The molecule has 152 valence electrons. The Hall–Kier alpha value is -3.35. The van der Waals surface area contributed by atoms with E-state index in [1.165, 1.54) is 6.07 Å². The smallest absolute Gasteiger partial charge is 0.220 e. The summed E-state index contributed by atoms with van der Waals surface area (Å²) in [6, 6.07) is 10.6. The number of H-pyrrole nitrogens is 1. The van der Waals surface area contributed by atoms with Crippen LogP contribution in [0, 0.1) is 5.92 Å². The van der Waals surface area contributed by atoms with Gasteiger partial charge in [-0.2, -0.15) is 0 Å². The molecule has 0 bridgehead atoms. The number of nitrogens with one attached hydrogen (secondary N) is 1. The van der Waals surface area contributed by atoms with E-state index < -0.39 is 0 Å². The summed E-state index contributed by atoms with van der Waals surface area (Å²) in [4.78, 5) is 15.3. The van der Waals surface area contributed by atoms with Crippen LogP contribution in [0.4, 0.5) is 0 Å². The number of carbonyl (C=O) groups is 1. The van der Waals surface area contributed by atoms with Gasteiger partial charge in [0.1, 0.15) is 24.2 Å². The van der Waals surface area contributed by atoms with Gasteiger partial charge in [0.25, 0.3) is 0 Å². The fourth-order valence-electron chi connectivity index (χ4n) is 3.74. The van der Waals surface area contributed by atoms with Crippen LogP contribution >= 0.6 is 0 Å². The summed E-state index contributed by atoms with van der Waals surface area (Å²) in [5, 5.41) is 10.7. The number of aromatic hydroxyl groups is 1. The second kappa shape index (κ2) is 7.95. The minimum Gasteiger partial charge on any atom is -0.508 e. The number of carbonyl (C=O) groups excluding carboxylic acids is 1. The van der Waals surface area contributed by atoms with Gasteiger partial charge in [0, 0.05) is 29.1 Å². The lowest BCUT2D eigenvalue weighted by molar-refractivity contribution is -0.123. The van der Waals surface area contributed by atoms with Crippen molar-refractivity contribution in [1.82, 2.24) is 4.98 Å². The van der Waals surface area contributed by atoms with Gasteiger partial charge in [0.2, 0.25) is 5.91 Å². The summed E-state index contributed by atoms with van der Waals surface area (Å²) in [5.41, 5.74) is 7.80. The molecule has 7 heteroatoms. The van der Waals surface area contributed by atoms with Gasteiger partial charge in [-0.1, -0.05) is 0 Å². The number of nitrogens with two attached hydrogens (primary N) is 1. The molecule has 29 heavy (non-hydrogen) atoms. The van der Waals surface area contributed by atoms with Crippen molar-refractivity contribution in [3.8, 4) is 23.0 Å². The predicted molar refractivity (Wildman–Crippen MR) is 108 cm³/mol. The number of hydrogen-bond acceptors (Lipinski definition) is 5. The van der Waals surface area contributed by atoms with Crippen molar-refractivity contribution >= 4 is 16.8 Å². The molecular formula is C22H24N2O5. The van der Waals surface area contributed by atoms with E-state index in [1.807, 2.05) is 24.4 Å². The molecule has 3 aromatic rings. The van der Waals surface area contributed by atoms with Crippen LogP contribution in [-0.4, -0.2) is 35.8 Å². The second-order valence-corrected chi connectivity index (χ2v) is 7.28. The van der Waals surface area contributed by atoms with E-state index >= 15 is 0 Å². The number of phenols is 1. The highest BCUT2D eigenvalue weighted by Gasteiger charge is 2.27. The topological polar surface area (TPSA) is 107 Å². The van der Waals surface area contributed by atoms with Crippen LogP contribution in [0.15, 0.2) is 42.6 Å². The molecule has 0 spiro atoms. The zero-order valence-corrected chi connectivity index (χ0v) is 16.2. The number of aromatic amines is 1. The summed E-state index contributed by atoms with van der Waals surface area (Å²) in [6.07, 6.45) is 3.42. The molecule has 1 aliphatic heterocycles. The monoisotopic (exact) mass is 396 g/mol. The third kappa shape index (κ3) is 4.08. The number of ether oxygens (including phenoxy) is 3. The Morgan fingerprint density at radius 3 is 2.97 bits per heavy atom. The van der Waals surface area contributed by atoms with Gasteiger partial charge in [-0.05, 0) is 55.2 Å². The first-order chi connectivity index (χ1) is 14.0. The third-order valence-electron chi connectivity index (χ3n) is 5.33. The maximum Gasteiger partial charge on any atom is 0.220 e. The van der Waals surface area contributed by atoms with Crippen molar-refractivity contribution in [2.75, 3.05) is 13.7 Å². The lowest BCUT2D eigenvalue weighted by Gasteiger charge is -2.28. The van der Waals surface area contributed by atoms with Gasteiger partial charge in [0.05, 0.1) is 7.11 Å². The first kappa shape index (κ1) is 19.0. The Morgan fingerprint density at radius 1 is 1.31 bits per heavy atom. The van der Waals surface area contributed by atoms with Gasteiger partial charge < -0.3 is 30.0 Å². The van der Waals surface area contributed by atoms with E-state index in [4.69, 9.17) is 19.9 Å². The number of aromatic nitrogens is 1. The predicted octanol–water partition coefficient (Wildman–Crippen LogP) is 3.15. The molecule has 7 nitrogen and oxygen atoms in total. The van der Waals surface area contributed by atoms with Crippen molar-refractivity contribution in [3.05, 3.63) is 48.2 Å². The van der Waals surface area contributed by atoms with E-state index in [0.29, 0.717) is 37.4 Å². The molecule has 1 aliphatic rings. The molecule has 0 saturated heterocycles. The van der Waals surface area contributed by atoms with Crippen molar-refractivity contribution in [2.24, 2.45) is 11.7 Å².